The van der Waals surface area contributed by atoms with Gasteiger partial charge in [-0.2, -0.15) is 0 Å². The highest BCUT2D eigenvalue weighted by Gasteiger charge is 2.05. The van der Waals surface area contributed by atoms with Gasteiger partial charge in [0.1, 0.15) is 5.82 Å². The summed E-state index contributed by atoms with van der Waals surface area (Å²) in [5.74, 6) is -0.480. The Kier molecular flexibility index (Phi) is 2.39. The number of carbonyl (C=O) groups excluding carboxylic acids is 1. The maximum Gasteiger partial charge on any atom is 0.154 e. The van der Waals surface area contributed by atoms with Gasteiger partial charge in [0.25, 0.3) is 0 Å². The molecule has 0 atom stereocenters. The first-order chi connectivity index (χ1) is 5.15. The summed E-state index contributed by atoms with van der Waals surface area (Å²) in [5, 5.41) is 0. The first kappa shape index (κ1) is 8.40. The third kappa shape index (κ3) is 1.66. The van der Waals surface area contributed by atoms with Gasteiger partial charge in [-0.15, -0.1) is 0 Å². The van der Waals surface area contributed by atoms with Gasteiger partial charge in [0.05, 0.1) is 5.56 Å². The standard InChI is InChI=1S/C8H6BrFO/c1-5-2-7(9)6(4-11)8(10)3-5/h2-4H,1H3. The lowest BCUT2D eigenvalue weighted by Gasteiger charge is -1.99. The van der Waals surface area contributed by atoms with Gasteiger partial charge >= 0.3 is 0 Å². The van der Waals surface area contributed by atoms with Gasteiger partial charge in [0.15, 0.2) is 6.29 Å². The van der Waals surface area contributed by atoms with Crippen LogP contribution in [-0.4, -0.2) is 6.29 Å². The Bertz CT molecular complexity index is 273. The fourth-order valence-electron chi connectivity index (χ4n) is 0.824. The van der Waals surface area contributed by atoms with Crippen molar-refractivity contribution in [2.75, 3.05) is 0 Å². The van der Waals surface area contributed by atoms with Crippen LogP contribution < -0.4 is 0 Å². The van der Waals surface area contributed by atoms with Crippen LogP contribution in [0.1, 0.15) is 15.9 Å². The van der Waals surface area contributed by atoms with Crippen molar-refractivity contribution in [3.63, 3.8) is 0 Å². The molecule has 1 rings (SSSR count). The molecule has 0 aliphatic rings. The Morgan fingerprint density at radius 1 is 1.55 bits per heavy atom. The quantitative estimate of drug-likeness (QED) is 0.661. The van der Waals surface area contributed by atoms with Gasteiger partial charge in [-0.3, -0.25) is 4.79 Å². The van der Waals surface area contributed by atoms with Gasteiger partial charge in [0, 0.05) is 4.47 Å². The van der Waals surface area contributed by atoms with Crippen molar-refractivity contribution in [2.45, 2.75) is 6.92 Å². The SMILES string of the molecule is Cc1cc(F)c(C=O)c(Br)c1. The normalized spacial score (nSPS) is 9.73. The number of rotatable bonds is 1. The van der Waals surface area contributed by atoms with Crippen LogP contribution in [0.3, 0.4) is 0 Å². The van der Waals surface area contributed by atoms with Gasteiger partial charge in [-0.05, 0) is 40.5 Å². The lowest BCUT2D eigenvalue weighted by Crippen LogP contribution is -1.90. The molecule has 58 valence electrons. The van der Waals surface area contributed by atoms with Crippen molar-refractivity contribution < 1.29 is 9.18 Å². The van der Waals surface area contributed by atoms with E-state index >= 15 is 0 Å². The molecule has 11 heavy (non-hydrogen) atoms. The van der Waals surface area contributed by atoms with Gasteiger partial charge in [-0.25, -0.2) is 4.39 Å². The number of hydrogen-bond acceptors (Lipinski definition) is 1. The van der Waals surface area contributed by atoms with E-state index < -0.39 is 5.82 Å². The smallest absolute Gasteiger partial charge is 0.154 e. The lowest BCUT2D eigenvalue weighted by molar-refractivity contribution is 0.111. The maximum absolute atomic E-state index is 12.9. The Hall–Kier alpha value is -0.700. The number of hydrogen-bond donors (Lipinski definition) is 0. The molecule has 0 radical (unpaired) electrons. The monoisotopic (exact) mass is 216 g/mol. The van der Waals surface area contributed by atoms with E-state index in [9.17, 15) is 9.18 Å². The van der Waals surface area contributed by atoms with Crippen LogP contribution in [0.15, 0.2) is 16.6 Å². The summed E-state index contributed by atoms with van der Waals surface area (Å²) in [6, 6.07) is 3.03. The summed E-state index contributed by atoms with van der Waals surface area (Å²) in [4.78, 5) is 10.3. The van der Waals surface area contributed by atoms with E-state index in [1.165, 1.54) is 6.07 Å². The van der Waals surface area contributed by atoms with E-state index in [0.717, 1.165) is 5.56 Å². The zero-order chi connectivity index (χ0) is 8.43. The molecule has 1 aromatic carbocycles. The molecule has 0 spiro atoms. The predicted octanol–water partition coefficient (Wildman–Crippen LogP) is 2.71. The van der Waals surface area contributed by atoms with E-state index in [-0.39, 0.29) is 5.56 Å². The molecule has 0 amide bonds. The molecule has 0 heterocycles. The molecule has 0 N–H and O–H groups in total. The summed E-state index contributed by atoms with van der Waals surface area (Å²) in [7, 11) is 0. The average molecular weight is 217 g/mol. The number of carbonyl (C=O) groups is 1. The van der Waals surface area contributed by atoms with Crippen molar-refractivity contribution in [1.82, 2.24) is 0 Å². The Balaban J connectivity index is 3.36. The zero-order valence-corrected chi connectivity index (χ0v) is 7.48. The van der Waals surface area contributed by atoms with Crippen LogP contribution in [-0.2, 0) is 0 Å². The molecule has 0 saturated carbocycles. The summed E-state index contributed by atoms with van der Waals surface area (Å²) >= 11 is 3.09. The first-order valence-electron chi connectivity index (χ1n) is 3.06. The highest BCUT2D eigenvalue weighted by Crippen LogP contribution is 2.19. The summed E-state index contributed by atoms with van der Waals surface area (Å²) < 4.78 is 13.4. The topological polar surface area (TPSA) is 17.1 Å². The average Bonchev–Trinajstić information content (AvgIpc) is 1.85. The lowest BCUT2D eigenvalue weighted by atomic mass is 10.1. The molecule has 0 fully saturated rings. The summed E-state index contributed by atoms with van der Waals surface area (Å²) in [5.41, 5.74) is 0.871. The highest BCUT2D eigenvalue weighted by molar-refractivity contribution is 9.10. The maximum atomic E-state index is 12.9. The molecule has 1 aromatic rings. The van der Waals surface area contributed by atoms with Crippen LogP contribution in [0.2, 0.25) is 0 Å². The van der Waals surface area contributed by atoms with Gasteiger partial charge in [0.2, 0.25) is 0 Å². The summed E-state index contributed by atoms with van der Waals surface area (Å²) in [6.45, 7) is 1.77. The Morgan fingerprint density at radius 3 is 2.64 bits per heavy atom. The van der Waals surface area contributed by atoms with Crippen LogP contribution in [0.5, 0.6) is 0 Å². The molecule has 0 saturated heterocycles. The van der Waals surface area contributed by atoms with Gasteiger partial charge < -0.3 is 0 Å². The predicted molar refractivity (Wildman–Crippen MR) is 44.2 cm³/mol. The van der Waals surface area contributed by atoms with Gasteiger partial charge in [-0.1, -0.05) is 0 Å². The van der Waals surface area contributed by atoms with Crippen LogP contribution in [0.4, 0.5) is 4.39 Å². The fourth-order valence-corrected chi connectivity index (χ4v) is 1.47. The number of aldehydes is 1. The minimum absolute atomic E-state index is 0.0793. The zero-order valence-electron chi connectivity index (χ0n) is 5.90. The largest absolute Gasteiger partial charge is 0.298 e. The van der Waals surface area contributed by atoms with Crippen molar-refractivity contribution in [1.29, 1.82) is 0 Å². The number of aryl methyl sites for hydroxylation is 1. The Labute approximate surface area is 72.4 Å². The second kappa shape index (κ2) is 3.13. The molecule has 0 aromatic heterocycles. The van der Waals surface area contributed by atoms with E-state index in [1.54, 1.807) is 13.0 Å². The second-order valence-electron chi connectivity index (χ2n) is 2.26. The van der Waals surface area contributed by atoms with Crippen LogP contribution >= 0.6 is 15.9 Å². The van der Waals surface area contributed by atoms with Crippen molar-refractivity contribution in [3.05, 3.63) is 33.5 Å². The van der Waals surface area contributed by atoms with Crippen molar-refractivity contribution in [2.24, 2.45) is 0 Å². The molecule has 0 aliphatic heterocycles. The van der Waals surface area contributed by atoms with E-state index in [1.807, 2.05) is 0 Å². The van der Waals surface area contributed by atoms with Crippen LogP contribution in [0, 0.1) is 12.7 Å². The molecule has 0 aliphatic carbocycles. The molecule has 0 unspecified atom stereocenters. The number of halogens is 2. The molecule has 1 nitrogen and oxygen atoms in total. The van der Waals surface area contributed by atoms with Crippen molar-refractivity contribution >= 4 is 22.2 Å². The third-order valence-corrected chi connectivity index (χ3v) is 2.00. The van der Waals surface area contributed by atoms with Crippen LogP contribution in [0.25, 0.3) is 0 Å². The molecular weight excluding hydrogens is 211 g/mol. The highest BCUT2D eigenvalue weighted by atomic mass is 79.9. The Morgan fingerprint density at radius 2 is 2.18 bits per heavy atom. The molecule has 3 heteroatoms. The third-order valence-electron chi connectivity index (χ3n) is 1.34. The van der Waals surface area contributed by atoms with E-state index in [4.69, 9.17) is 0 Å². The first-order valence-corrected chi connectivity index (χ1v) is 3.85. The minimum Gasteiger partial charge on any atom is -0.298 e. The second-order valence-corrected chi connectivity index (χ2v) is 3.11. The molecular formula is C8H6BrFO. The fraction of sp³-hybridized carbons (Fsp3) is 0.125. The minimum atomic E-state index is -0.480. The van der Waals surface area contributed by atoms with E-state index in [0.29, 0.717) is 10.8 Å². The molecule has 0 bridgehead atoms. The number of benzene rings is 1. The summed E-state index contributed by atoms with van der Waals surface area (Å²) in [6.07, 6.45) is 0.499. The van der Waals surface area contributed by atoms with Crippen molar-refractivity contribution in [3.8, 4) is 0 Å². The van der Waals surface area contributed by atoms with E-state index in [2.05, 4.69) is 15.9 Å².